The van der Waals surface area contributed by atoms with E-state index in [-0.39, 0.29) is 38.2 Å². The zero-order chi connectivity index (χ0) is 32.7. The maximum absolute atomic E-state index is 17.1. The summed E-state index contributed by atoms with van der Waals surface area (Å²) in [5.74, 6) is 0. The number of para-hydroxylation sites is 6. The van der Waals surface area contributed by atoms with Crippen LogP contribution in [0.1, 0.15) is 51.5 Å². The van der Waals surface area contributed by atoms with Gasteiger partial charge in [0.05, 0.1) is 0 Å². The van der Waals surface area contributed by atoms with Crippen LogP contribution in [0.3, 0.4) is 0 Å². The summed E-state index contributed by atoms with van der Waals surface area (Å²) in [5, 5.41) is 0. The Kier molecular flexibility index (Phi) is 6.13. The number of nitrogens with zero attached hydrogens (tertiary/aromatic N) is 6. The van der Waals surface area contributed by atoms with E-state index in [0.29, 0.717) is 0 Å². The van der Waals surface area contributed by atoms with Crippen molar-refractivity contribution in [3.8, 4) is 0 Å². The van der Waals surface area contributed by atoms with Crippen molar-refractivity contribution in [2.45, 2.75) is 18.1 Å². The summed E-state index contributed by atoms with van der Waals surface area (Å²) in [6.07, 6.45) is 0. The molecule has 0 unspecified atom stereocenters. The second kappa shape index (κ2) is 10.5. The summed E-state index contributed by atoms with van der Waals surface area (Å²) >= 11 is 0. The second-order valence-corrected chi connectivity index (χ2v) is 15.8. The van der Waals surface area contributed by atoms with Gasteiger partial charge in [-0.1, -0.05) is 36.4 Å². The van der Waals surface area contributed by atoms with Gasteiger partial charge >= 0.3 is 0 Å². The average Bonchev–Trinajstić information content (AvgIpc) is 3.85. The first-order valence-corrected chi connectivity index (χ1v) is 18.5. The number of hydrogen-bond donors (Lipinski definition) is 0. The summed E-state index contributed by atoms with van der Waals surface area (Å²) in [6, 6.07) is 55.3. The summed E-state index contributed by atoms with van der Waals surface area (Å²) in [4.78, 5) is 6.82. The third kappa shape index (κ3) is 3.80. The summed E-state index contributed by atoms with van der Waals surface area (Å²) in [7, 11) is -3.83. The zero-order valence-electron chi connectivity index (χ0n) is 27.0. The third-order valence-electron chi connectivity index (χ3n) is 10.9. The molecule has 7 nitrogen and oxygen atoms in total. The van der Waals surface area contributed by atoms with Crippen LogP contribution in [0.15, 0.2) is 127 Å². The summed E-state index contributed by atoms with van der Waals surface area (Å²) in [5.41, 5.74) is 11.6. The molecule has 1 aliphatic carbocycles. The van der Waals surface area contributed by atoms with Crippen LogP contribution in [0.25, 0.3) is 0 Å². The van der Waals surface area contributed by atoms with Crippen LogP contribution in [0.5, 0.6) is 0 Å². The molecule has 0 saturated carbocycles. The van der Waals surface area contributed by atoms with E-state index in [2.05, 4.69) is 162 Å². The Balaban J connectivity index is 0.00000310. The Morgan fingerprint density at radius 2 is 0.647 bits per heavy atom. The molecule has 6 heterocycles. The standard InChI is InChI=1S/C42H27N6OP.Ir/c49-50-46-25-43(34-16-1-4-19-37(34)46)40-28-10-7-12-30(22-28)41(44-26-47(50)38-20-5-2-17-35(38)44)32-14-9-15-33(24-32)42(31-13-8-11-29(40)23-31)45-27-48(50)39-21-6-3-18-36(39)45;/h1-21,25-27,40-42H;/q-6;. The van der Waals surface area contributed by atoms with Crippen LogP contribution in [0.2, 0.25) is 0 Å². The van der Waals surface area contributed by atoms with E-state index in [4.69, 9.17) is 0 Å². The van der Waals surface area contributed by atoms with E-state index in [1.807, 2.05) is 32.2 Å². The second-order valence-electron chi connectivity index (χ2n) is 13.5. The van der Waals surface area contributed by atoms with Gasteiger partial charge in [0.25, 0.3) is 7.59 Å². The van der Waals surface area contributed by atoms with Crippen LogP contribution < -0.4 is 28.7 Å². The van der Waals surface area contributed by atoms with Gasteiger partial charge in [-0.3, -0.25) is 4.57 Å². The molecule has 16 bridgehead atoms. The molecule has 1 radical (unpaired) electrons. The fourth-order valence-corrected chi connectivity index (χ4v) is 11.5. The van der Waals surface area contributed by atoms with Crippen molar-refractivity contribution in [1.82, 2.24) is 0 Å². The fourth-order valence-electron chi connectivity index (χ4n) is 8.78. The van der Waals surface area contributed by atoms with Gasteiger partial charge in [-0.15, -0.1) is 53.4 Å². The topological polar surface area (TPSA) is 36.5 Å². The first-order chi connectivity index (χ1) is 24.7. The molecule has 6 aliphatic heterocycles. The van der Waals surface area contributed by atoms with Crippen molar-refractivity contribution in [1.29, 1.82) is 0 Å². The minimum atomic E-state index is -3.83. The Morgan fingerprint density at radius 3 is 0.922 bits per heavy atom. The van der Waals surface area contributed by atoms with E-state index in [9.17, 15) is 0 Å². The molecule has 0 atom stereocenters. The summed E-state index contributed by atoms with van der Waals surface area (Å²) in [6.45, 7) is 6.20. The molecule has 13 rings (SSSR count). The van der Waals surface area contributed by atoms with Gasteiger partial charge in [0.2, 0.25) is 0 Å². The fraction of sp³-hybridized carbons (Fsp3) is 0.0714. The smallest absolute Gasteiger partial charge is 0.279 e. The number of rotatable bonds is 0. The van der Waals surface area contributed by atoms with Crippen LogP contribution in [0.4, 0.5) is 34.1 Å². The minimum Gasteiger partial charge on any atom is -0.495 e. The van der Waals surface area contributed by atoms with Gasteiger partial charge in [0.1, 0.15) is 0 Å². The van der Waals surface area contributed by atoms with Crippen molar-refractivity contribution in [2.75, 3.05) is 28.7 Å². The van der Waals surface area contributed by atoms with E-state index in [1.165, 1.54) is 0 Å². The van der Waals surface area contributed by atoms with Gasteiger partial charge in [-0.2, -0.15) is 72.8 Å². The van der Waals surface area contributed by atoms with Gasteiger partial charge in [-0.05, 0) is 36.4 Å². The Bertz CT molecular complexity index is 2150. The van der Waals surface area contributed by atoms with Crippen molar-refractivity contribution in [3.05, 3.63) is 199 Å². The molecule has 0 N–H and O–H groups in total. The average molecular weight is 855 g/mol. The molecule has 0 saturated heterocycles. The van der Waals surface area contributed by atoms with Crippen LogP contribution in [-0.2, 0) is 24.7 Å². The van der Waals surface area contributed by atoms with Crippen LogP contribution in [0, 0.1) is 38.2 Å². The first-order valence-electron chi connectivity index (χ1n) is 16.9. The van der Waals surface area contributed by atoms with Gasteiger partial charge in [0, 0.05) is 72.4 Å². The maximum atomic E-state index is 17.1. The van der Waals surface area contributed by atoms with E-state index in [0.717, 1.165) is 67.5 Å². The van der Waals surface area contributed by atoms with Crippen molar-refractivity contribution in [3.63, 3.8) is 0 Å². The van der Waals surface area contributed by atoms with Gasteiger partial charge in [-0.25, -0.2) is 0 Å². The van der Waals surface area contributed by atoms with Gasteiger partial charge in [0.15, 0.2) is 0 Å². The molecule has 7 aliphatic rings. The normalized spacial score (nSPS) is 23.8. The zero-order valence-corrected chi connectivity index (χ0v) is 30.3. The predicted octanol–water partition coefficient (Wildman–Crippen LogP) is 9.14. The third-order valence-corrected chi connectivity index (χ3v) is 13.5. The summed E-state index contributed by atoms with van der Waals surface area (Å²) < 4.78 is 23.2. The number of anilines is 6. The molecule has 0 aromatic heterocycles. The maximum Gasteiger partial charge on any atom is 0.279 e. The van der Waals surface area contributed by atoms with Crippen LogP contribution in [-0.4, -0.2) is 0 Å². The monoisotopic (exact) mass is 855 g/mol. The SMILES string of the molecule is O=P12N3[CH-]N(c4ccccc43)C3c4[c-]c(ccc4)C(c4[c-]c(ccc4)C(c4[c-]c3ccc4)N3[CH-]N1c1ccccc13)N1[CH-]N2c2ccccc21.[Ir]. The van der Waals surface area contributed by atoms with E-state index >= 15 is 4.57 Å². The molecule has 9 heteroatoms. The van der Waals surface area contributed by atoms with Crippen molar-refractivity contribution >= 4 is 41.7 Å². The van der Waals surface area contributed by atoms with E-state index < -0.39 is 7.59 Å². The quantitative estimate of drug-likeness (QED) is 0.112. The Hall–Kier alpha value is -5.00. The first kappa shape index (κ1) is 29.7. The molecular weight excluding hydrogens is 828 g/mol. The molecule has 251 valence electrons. The number of hydrogen-bond acceptors (Lipinski definition) is 4. The Labute approximate surface area is 310 Å². The van der Waals surface area contributed by atoms with Crippen molar-refractivity contribution in [2.24, 2.45) is 0 Å². The molecule has 0 spiro atoms. The number of fused-ring (bicyclic) bond motifs is 3. The number of benzene rings is 6. The van der Waals surface area contributed by atoms with Crippen molar-refractivity contribution < 1.29 is 24.7 Å². The molecule has 6 aromatic carbocycles. The van der Waals surface area contributed by atoms with E-state index in [1.54, 1.807) is 0 Å². The van der Waals surface area contributed by atoms with Crippen LogP contribution >= 0.6 is 7.59 Å². The molecule has 6 aromatic rings. The minimum absolute atomic E-state index is 0. The Morgan fingerprint density at radius 1 is 0.392 bits per heavy atom. The largest absolute Gasteiger partial charge is 0.495 e. The molecule has 0 fully saturated rings. The molecule has 0 amide bonds. The molecular formula is C42H27IrN6OP-6. The molecule has 51 heavy (non-hydrogen) atoms. The predicted molar refractivity (Wildman–Crippen MR) is 196 cm³/mol. The van der Waals surface area contributed by atoms with Gasteiger partial charge < -0.3 is 28.7 Å².